The van der Waals surface area contributed by atoms with Crippen molar-refractivity contribution in [1.29, 1.82) is 0 Å². The minimum atomic E-state index is -0.780. The van der Waals surface area contributed by atoms with Gasteiger partial charge in [0.2, 0.25) is 0 Å². The zero-order chi connectivity index (χ0) is 14.6. The number of benzene rings is 2. The fourth-order valence-corrected chi connectivity index (χ4v) is 2.73. The van der Waals surface area contributed by atoms with E-state index in [9.17, 15) is 9.50 Å². The molecule has 0 radical (unpaired) electrons. The van der Waals surface area contributed by atoms with Crippen LogP contribution in [0.2, 0.25) is 0 Å². The summed E-state index contributed by atoms with van der Waals surface area (Å²) in [6.45, 7) is 0.00679. The van der Waals surface area contributed by atoms with E-state index in [0.717, 1.165) is 9.13 Å². The summed E-state index contributed by atoms with van der Waals surface area (Å²) in [6.07, 6.45) is 0.512. The molecule has 1 atom stereocenters. The van der Waals surface area contributed by atoms with Crippen LogP contribution in [-0.2, 0) is 11.8 Å². The van der Waals surface area contributed by atoms with Gasteiger partial charge in [-0.3, -0.25) is 0 Å². The Morgan fingerprint density at radius 1 is 1.10 bits per heavy atom. The molecule has 2 rings (SSSR count). The predicted octanol–water partition coefficient (Wildman–Crippen LogP) is 2.86. The fourth-order valence-electron chi connectivity index (χ4n) is 2.37. The molecule has 2 aromatic carbocycles. The Morgan fingerprint density at radius 2 is 1.75 bits per heavy atom. The van der Waals surface area contributed by atoms with Crippen molar-refractivity contribution in [2.24, 2.45) is 5.73 Å². The van der Waals surface area contributed by atoms with Crippen molar-refractivity contribution >= 4 is 22.6 Å². The highest BCUT2D eigenvalue weighted by Gasteiger charge is 2.32. The van der Waals surface area contributed by atoms with Gasteiger partial charge in [0, 0.05) is 15.5 Å². The first-order chi connectivity index (χ1) is 9.61. The fraction of sp³-hybridized carbons (Fsp3) is 0.250. The monoisotopic (exact) mass is 385 g/mol. The highest BCUT2D eigenvalue weighted by Crippen LogP contribution is 2.29. The summed E-state index contributed by atoms with van der Waals surface area (Å²) in [5.41, 5.74) is 6.60. The maximum absolute atomic E-state index is 14.1. The molecule has 0 aromatic heterocycles. The molecule has 0 aliphatic carbocycles. The molecule has 0 aliphatic rings. The van der Waals surface area contributed by atoms with E-state index >= 15 is 0 Å². The SMILES string of the molecule is NCC(CO)(Cc1ccc(I)cc1)c1ccccc1F. The summed E-state index contributed by atoms with van der Waals surface area (Å²) >= 11 is 2.24. The lowest BCUT2D eigenvalue weighted by Gasteiger charge is -2.31. The number of hydrogen-bond donors (Lipinski definition) is 2. The van der Waals surface area contributed by atoms with Gasteiger partial charge >= 0.3 is 0 Å². The van der Waals surface area contributed by atoms with Crippen LogP contribution in [0, 0.1) is 9.39 Å². The first-order valence-electron chi connectivity index (χ1n) is 6.42. The number of nitrogens with two attached hydrogens (primary N) is 1. The average molecular weight is 385 g/mol. The Bertz CT molecular complexity index is 567. The van der Waals surface area contributed by atoms with Gasteiger partial charge in [0.05, 0.1) is 6.61 Å². The van der Waals surface area contributed by atoms with Gasteiger partial charge in [0.25, 0.3) is 0 Å². The zero-order valence-corrected chi connectivity index (χ0v) is 13.2. The second kappa shape index (κ2) is 6.65. The minimum Gasteiger partial charge on any atom is -0.395 e. The first-order valence-corrected chi connectivity index (χ1v) is 7.49. The average Bonchev–Trinajstić information content (AvgIpc) is 2.48. The van der Waals surface area contributed by atoms with Gasteiger partial charge in [0.1, 0.15) is 5.82 Å². The Labute approximate surface area is 132 Å². The summed E-state index contributed by atoms with van der Waals surface area (Å²) in [7, 11) is 0. The van der Waals surface area contributed by atoms with E-state index in [1.807, 2.05) is 24.3 Å². The van der Waals surface area contributed by atoms with Gasteiger partial charge < -0.3 is 10.8 Å². The molecule has 0 bridgehead atoms. The van der Waals surface area contributed by atoms with Crippen molar-refractivity contribution in [3.63, 3.8) is 0 Å². The topological polar surface area (TPSA) is 46.2 Å². The molecule has 0 saturated carbocycles. The summed E-state index contributed by atoms with van der Waals surface area (Å²) < 4.78 is 15.2. The molecule has 2 aromatic rings. The molecule has 0 aliphatic heterocycles. The molecule has 2 nitrogen and oxygen atoms in total. The molecule has 0 amide bonds. The lowest BCUT2D eigenvalue weighted by molar-refractivity contribution is 0.192. The molecule has 3 N–H and O–H groups in total. The molecule has 4 heteroatoms. The van der Waals surface area contributed by atoms with Crippen LogP contribution < -0.4 is 5.73 Å². The van der Waals surface area contributed by atoms with Gasteiger partial charge in [0.15, 0.2) is 0 Å². The van der Waals surface area contributed by atoms with Crippen LogP contribution in [0.1, 0.15) is 11.1 Å². The third-order valence-corrected chi connectivity index (χ3v) is 4.31. The van der Waals surface area contributed by atoms with E-state index in [1.165, 1.54) is 6.07 Å². The van der Waals surface area contributed by atoms with E-state index in [1.54, 1.807) is 18.2 Å². The highest BCUT2D eigenvalue weighted by molar-refractivity contribution is 14.1. The van der Waals surface area contributed by atoms with Gasteiger partial charge in [-0.1, -0.05) is 30.3 Å². The third-order valence-electron chi connectivity index (χ3n) is 3.59. The Hall–Kier alpha value is -0.980. The molecule has 20 heavy (non-hydrogen) atoms. The standard InChI is InChI=1S/C16H17FINO/c17-15-4-2-1-3-14(15)16(10-19,11-20)9-12-5-7-13(18)8-6-12/h1-8,20H,9-11,19H2. The van der Waals surface area contributed by atoms with Crippen molar-refractivity contribution in [2.45, 2.75) is 11.8 Å². The maximum atomic E-state index is 14.1. The third kappa shape index (κ3) is 3.19. The summed E-state index contributed by atoms with van der Waals surface area (Å²) in [6, 6.07) is 14.5. The van der Waals surface area contributed by atoms with Crippen LogP contribution in [0.4, 0.5) is 4.39 Å². The van der Waals surface area contributed by atoms with Gasteiger partial charge in [-0.2, -0.15) is 0 Å². The highest BCUT2D eigenvalue weighted by atomic mass is 127. The van der Waals surface area contributed by atoms with Crippen LogP contribution in [0.15, 0.2) is 48.5 Å². The zero-order valence-electron chi connectivity index (χ0n) is 11.0. The van der Waals surface area contributed by atoms with Crippen molar-refractivity contribution in [3.8, 4) is 0 Å². The quantitative estimate of drug-likeness (QED) is 0.778. The van der Waals surface area contributed by atoms with Crippen molar-refractivity contribution in [2.75, 3.05) is 13.2 Å². The lowest BCUT2D eigenvalue weighted by Crippen LogP contribution is -2.41. The number of rotatable bonds is 5. The van der Waals surface area contributed by atoms with E-state index in [2.05, 4.69) is 22.6 Å². The van der Waals surface area contributed by atoms with Crippen LogP contribution in [0.3, 0.4) is 0 Å². The number of hydrogen-bond acceptors (Lipinski definition) is 2. The van der Waals surface area contributed by atoms with E-state index in [0.29, 0.717) is 12.0 Å². The van der Waals surface area contributed by atoms with Crippen molar-refractivity contribution in [3.05, 3.63) is 69.0 Å². The molecular formula is C16H17FINO. The predicted molar refractivity (Wildman–Crippen MR) is 87.1 cm³/mol. The maximum Gasteiger partial charge on any atom is 0.127 e. The number of aliphatic hydroxyl groups excluding tert-OH is 1. The van der Waals surface area contributed by atoms with E-state index in [-0.39, 0.29) is 19.0 Å². The molecule has 1 unspecified atom stereocenters. The second-order valence-corrected chi connectivity index (χ2v) is 6.17. The van der Waals surface area contributed by atoms with E-state index in [4.69, 9.17) is 5.73 Å². The summed E-state index contributed by atoms with van der Waals surface area (Å²) in [5, 5.41) is 9.82. The van der Waals surface area contributed by atoms with Crippen LogP contribution in [0.5, 0.6) is 0 Å². The summed E-state index contributed by atoms with van der Waals surface area (Å²) in [5.74, 6) is -0.322. The van der Waals surface area contributed by atoms with Crippen LogP contribution in [0.25, 0.3) is 0 Å². The summed E-state index contributed by atoms with van der Waals surface area (Å²) in [4.78, 5) is 0. The largest absolute Gasteiger partial charge is 0.395 e. The second-order valence-electron chi connectivity index (χ2n) is 4.93. The minimum absolute atomic E-state index is 0.184. The van der Waals surface area contributed by atoms with Gasteiger partial charge in [-0.25, -0.2) is 4.39 Å². The molecular weight excluding hydrogens is 368 g/mol. The van der Waals surface area contributed by atoms with E-state index < -0.39 is 5.41 Å². The Morgan fingerprint density at radius 3 is 2.30 bits per heavy atom. The number of aliphatic hydroxyl groups is 1. The van der Waals surface area contributed by atoms with Crippen LogP contribution >= 0.6 is 22.6 Å². The normalized spacial score (nSPS) is 14.0. The lowest BCUT2D eigenvalue weighted by atomic mass is 9.76. The van der Waals surface area contributed by atoms with Crippen molar-refractivity contribution < 1.29 is 9.50 Å². The van der Waals surface area contributed by atoms with Gasteiger partial charge in [-0.05, 0) is 58.3 Å². The molecule has 0 saturated heterocycles. The van der Waals surface area contributed by atoms with Gasteiger partial charge in [-0.15, -0.1) is 0 Å². The molecule has 106 valence electrons. The molecule has 0 spiro atoms. The van der Waals surface area contributed by atoms with Crippen LogP contribution in [-0.4, -0.2) is 18.3 Å². The molecule has 0 heterocycles. The molecule has 0 fully saturated rings. The number of halogens is 2. The van der Waals surface area contributed by atoms with Crippen molar-refractivity contribution in [1.82, 2.24) is 0 Å². The Balaban J connectivity index is 2.39. The first kappa shape index (κ1) is 15.4. The Kier molecular flexibility index (Phi) is 5.12. The smallest absolute Gasteiger partial charge is 0.127 e.